The maximum Gasteiger partial charge on any atom is 0.335 e. The van der Waals surface area contributed by atoms with E-state index in [9.17, 15) is 35.5 Å². The third kappa shape index (κ3) is 7.73. The number of rotatable bonds is 11. The third-order valence-corrected chi connectivity index (χ3v) is 11.0. The van der Waals surface area contributed by atoms with E-state index in [4.69, 9.17) is 10.1 Å². The number of anilines is 2. The third-order valence-electron chi connectivity index (χ3n) is 9.26. The van der Waals surface area contributed by atoms with Crippen LogP contribution < -0.4 is 10.2 Å². The highest BCUT2D eigenvalue weighted by molar-refractivity contribution is 7.86. The average Bonchev–Trinajstić information content (AvgIpc) is 3.43. The van der Waals surface area contributed by atoms with Crippen molar-refractivity contribution in [1.29, 1.82) is 0 Å². The number of carboxylic acid groups (broad SMARTS) is 1. The van der Waals surface area contributed by atoms with E-state index in [2.05, 4.69) is 10.2 Å². The van der Waals surface area contributed by atoms with Crippen molar-refractivity contribution >= 4 is 54.9 Å². The summed E-state index contributed by atoms with van der Waals surface area (Å²) < 4.78 is 66.8. The summed E-state index contributed by atoms with van der Waals surface area (Å²) in [5.41, 5.74) is 4.16. The van der Waals surface area contributed by atoms with Crippen molar-refractivity contribution in [3.05, 3.63) is 113 Å². The summed E-state index contributed by atoms with van der Waals surface area (Å²) in [6.45, 7) is 10.2. The van der Waals surface area contributed by atoms with E-state index < -0.39 is 37.0 Å². The molecule has 0 bridgehead atoms. The van der Waals surface area contributed by atoms with E-state index in [0.29, 0.717) is 35.6 Å². The van der Waals surface area contributed by atoms with Crippen LogP contribution in [0.15, 0.2) is 111 Å². The number of fused-ring (bicyclic) bond motifs is 2. The summed E-state index contributed by atoms with van der Waals surface area (Å²) in [4.78, 5) is 30.6. The second-order valence-corrected chi connectivity index (χ2v) is 16.2. The molecule has 0 unspecified atom stereocenters. The van der Waals surface area contributed by atoms with Crippen molar-refractivity contribution in [2.75, 3.05) is 16.8 Å². The second kappa shape index (κ2) is 13.7. The van der Waals surface area contributed by atoms with Gasteiger partial charge in [0.1, 0.15) is 0 Å². The molecule has 0 aliphatic carbocycles. The Kier molecular flexibility index (Phi) is 10.0. The number of carbonyl (C=O) groups excluding carboxylic acids is 1. The summed E-state index contributed by atoms with van der Waals surface area (Å²) >= 11 is 0. The summed E-state index contributed by atoms with van der Waals surface area (Å²) in [6.07, 6.45) is 7.82. The van der Waals surface area contributed by atoms with E-state index in [-0.39, 0.29) is 27.7 Å². The lowest BCUT2D eigenvalue weighted by molar-refractivity contribution is -0.116. The number of carbonyl (C=O) groups is 2. The van der Waals surface area contributed by atoms with Gasteiger partial charge in [0.2, 0.25) is 5.91 Å². The quantitative estimate of drug-likeness (QED) is 0.120. The van der Waals surface area contributed by atoms with E-state index in [0.717, 1.165) is 22.5 Å². The van der Waals surface area contributed by atoms with Crippen LogP contribution >= 0.6 is 0 Å². The monoisotopic (exact) mass is 733 g/mol. The van der Waals surface area contributed by atoms with Gasteiger partial charge in [0.25, 0.3) is 20.2 Å². The lowest BCUT2D eigenvalue weighted by atomic mass is 9.81. The molecule has 0 fully saturated rings. The lowest BCUT2D eigenvalue weighted by Crippen LogP contribution is -2.25. The Morgan fingerprint density at radius 3 is 2.04 bits per heavy atom. The van der Waals surface area contributed by atoms with Crippen molar-refractivity contribution in [1.82, 2.24) is 0 Å². The minimum absolute atomic E-state index is 0.0761. The molecule has 2 heterocycles. The van der Waals surface area contributed by atoms with Crippen LogP contribution in [0.25, 0.3) is 0 Å². The van der Waals surface area contributed by atoms with Crippen LogP contribution in [0.5, 0.6) is 0 Å². The van der Waals surface area contributed by atoms with Gasteiger partial charge in [-0.05, 0) is 103 Å². The molecule has 4 N–H and O–H groups in total. The Morgan fingerprint density at radius 1 is 0.843 bits per heavy atom. The fourth-order valence-electron chi connectivity index (χ4n) is 6.35. The number of aromatic carboxylic acids is 1. The molecule has 0 aromatic heterocycles. The van der Waals surface area contributed by atoms with Crippen LogP contribution in [0.4, 0.5) is 17.1 Å². The van der Waals surface area contributed by atoms with Crippen molar-refractivity contribution in [3.8, 4) is 0 Å². The van der Waals surface area contributed by atoms with E-state index in [1.165, 1.54) is 48.5 Å². The number of nitrogens with zero attached hydrogens (tertiary/aromatic N) is 2. The molecule has 3 aromatic rings. The largest absolute Gasteiger partial charge is 0.478 e. The predicted octanol–water partition coefficient (Wildman–Crippen LogP) is 6.85. The standard InChI is InChI=1S/C37H39N3O9S2/c1-6-40-31-17-15-27(51(47,48)49)22-29(31)37(4,5)33(40)19-8-23(9-20-34(41)38-25-12-10-24(11-13-25)35(42)43)7-18-32-36(2,3)28-21-26(50(44,45)46)14-16-30(28)39-32/h7-8,10-19,21-22H,6,9,20H2,1-5H3,(H,38,41)(H,42,43)(H,44,45,46)(H,47,48,49)/b18-7+,23-8-,33-19+. The molecule has 2 aliphatic heterocycles. The average molecular weight is 734 g/mol. The van der Waals surface area contributed by atoms with Crippen LogP contribution in [0, 0.1) is 0 Å². The number of benzene rings is 3. The first-order valence-corrected chi connectivity index (χ1v) is 18.9. The van der Waals surface area contributed by atoms with Gasteiger partial charge in [-0.3, -0.25) is 18.9 Å². The molecule has 268 valence electrons. The maximum absolute atomic E-state index is 13.0. The van der Waals surface area contributed by atoms with Gasteiger partial charge < -0.3 is 15.3 Å². The van der Waals surface area contributed by atoms with Crippen molar-refractivity contribution in [2.45, 2.75) is 68.1 Å². The highest BCUT2D eigenvalue weighted by Crippen LogP contribution is 2.48. The van der Waals surface area contributed by atoms with Crippen LogP contribution in [0.3, 0.4) is 0 Å². The Bertz CT molecular complexity index is 2270. The van der Waals surface area contributed by atoms with Crippen molar-refractivity contribution in [2.24, 2.45) is 4.99 Å². The molecule has 0 spiro atoms. The van der Waals surface area contributed by atoms with Gasteiger partial charge in [-0.15, -0.1) is 0 Å². The zero-order chi connectivity index (χ0) is 37.5. The predicted molar refractivity (Wildman–Crippen MR) is 195 cm³/mol. The van der Waals surface area contributed by atoms with Crippen LogP contribution in [0.1, 0.15) is 68.9 Å². The number of likely N-dealkylation sites (N-methyl/N-ethyl adjacent to an activating group) is 1. The van der Waals surface area contributed by atoms with Gasteiger partial charge in [-0.25, -0.2) is 4.79 Å². The molecule has 51 heavy (non-hydrogen) atoms. The Labute approximate surface area is 297 Å². The molecule has 0 saturated carbocycles. The number of aliphatic imine (C=N–C) groups is 1. The highest BCUT2D eigenvalue weighted by Gasteiger charge is 2.40. The van der Waals surface area contributed by atoms with Crippen molar-refractivity contribution < 1.29 is 40.6 Å². The molecule has 5 rings (SSSR count). The highest BCUT2D eigenvalue weighted by atomic mass is 32.2. The number of hydrogen-bond donors (Lipinski definition) is 4. The van der Waals surface area contributed by atoms with E-state index in [1.54, 1.807) is 12.1 Å². The van der Waals surface area contributed by atoms with Gasteiger partial charge >= 0.3 is 5.97 Å². The van der Waals surface area contributed by atoms with Crippen molar-refractivity contribution in [3.63, 3.8) is 0 Å². The minimum atomic E-state index is -4.42. The Morgan fingerprint density at radius 2 is 1.45 bits per heavy atom. The Hall–Kier alpha value is -4.89. The normalized spacial score (nSPS) is 17.4. The molecule has 14 heteroatoms. The molecular formula is C37H39N3O9S2. The number of amides is 1. The second-order valence-electron chi connectivity index (χ2n) is 13.4. The van der Waals surface area contributed by atoms with Gasteiger partial charge in [-0.2, -0.15) is 16.8 Å². The number of carboxylic acids is 1. The number of nitrogens with one attached hydrogen (secondary N) is 1. The smallest absolute Gasteiger partial charge is 0.335 e. The summed E-state index contributed by atoms with van der Waals surface area (Å²) in [5, 5.41) is 12.0. The zero-order valence-electron chi connectivity index (χ0n) is 28.7. The van der Waals surface area contributed by atoms with E-state index in [1.807, 2.05) is 58.9 Å². The zero-order valence-corrected chi connectivity index (χ0v) is 30.3. The molecule has 0 saturated heterocycles. The van der Waals surface area contributed by atoms with Crippen LogP contribution in [-0.2, 0) is 35.9 Å². The fourth-order valence-corrected chi connectivity index (χ4v) is 7.37. The topological polar surface area (TPSA) is 191 Å². The summed E-state index contributed by atoms with van der Waals surface area (Å²) in [7, 11) is -8.84. The van der Waals surface area contributed by atoms with E-state index >= 15 is 0 Å². The molecular weight excluding hydrogens is 695 g/mol. The molecule has 0 radical (unpaired) electrons. The van der Waals surface area contributed by atoms with Gasteiger partial charge in [0.15, 0.2) is 0 Å². The molecule has 1 amide bonds. The first-order valence-electron chi connectivity index (χ1n) is 16.1. The molecule has 12 nitrogen and oxygen atoms in total. The SMILES string of the molecule is CCN1/C(=C/C=C(/C=C/C2=Nc3ccc(S(=O)(=O)O)cc3C2(C)C)CCC(=O)Nc2ccc(C(=O)O)cc2)C(C)(C)c2cc(S(=O)(=O)O)ccc21. The maximum atomic E-state index is 13.0. The van der Waals surface area contributed by atoms with Gasteiger partial charge in [0.05, 0.1) is 26.8 Å². The Balaban J connectivity index is 1.48. The van der Waals surface area contributed by atoms with Gasteiger partial charge in [0, 0.05) is 40.9 Å². The lowest BCUT2D eigenvalue weighted by Gasteiger charge is -2.26. The summed E-state index contributed by atoms with van der Waals surface area (Å²) in [6, 6.07) is 14.6. The van der Waals surface area contributed by atoms with Gasteiger partial charge in [-0.1, -0.05) is 39.8 Å². The first kappa shape index (κ1) is 37.4. The molecule has 2 aliphatic rings. The molecule has 3 aromatic carbocycles. The summed E-state index contributed by atoms with van der Waals surface area (Å²) in [5.74, 6) is -1.37. The first-order chi connectivity index (χ1) is 23.7. The minimum Gasteiger partial charge on any atom is -0.478 e. The van der Waals surface area contributed by atoms with Crippen LogP contribution in [0.2, 0.25) is 0 Å². The number of hydrogen-bond acceptors (Lipinski definition) is 8. The van der Waals surface area contributed by atoms with Crippen LogP contribution in [-0.4, -0.2) is 55.2 Å². The number of allylic oxidation sites excluding steroid dienone is 6. The fraction of sp³-hybridized carbons (Fsp3) is 0.270. The molecule has 0 atom stereocenters.